The van der Waals surface area contributed by atoms with Crippen LogP contribution in [0.1, 0.15) is 27.7 Å². The Kier molecular flexibility index (Phi) is 5.86. The minimum Gasteiger partial charge on any atom is -0.372 e. The molecule has 1 aromatic carbocycles. The Morgan fingerprint density at radius 3 is 2.41 bits per heavy atom. The van der Waals surface area contributed by atoms with E-state index in [1.54, 1.807) is 0 Å². The number of benzene rings is 1. The van der Waals surface area contributed by atoms with Crippen molar-refractivity contribution in [2.24, 2.45) is 10.9 Å². The molecule has 2 fully saturated rings. The number of fused-ring (bicyclic) bond motifs is 1. The molecule has 2 heterocycles. The van der Waals surface area contributed by atoms with E-state index < -0.39 is 9.84 Å². The second kappa shape index (κ2) is 7.83. The van der Waals surface area contributed by atoms with Crippen molar-refractivity contribution >= 4 is 44.0 Å². The van der Waals surface area contributed by atoms with Crippen molar-refractivity contribution in [3.05, 3.63) is 24.3 Å². The zero-order valence-electron chi connectivity index (χ0n) is 16.3. The van der Waals surface area contributed by atoms with Crippen LogP contribution in [0.4, 0.5) is 11.4 Å². The first-order valence-corrected chi connectivity index (χ1v) is 12.1. The number of aliphatic imine (C=N–C) groups is 1. The van der Waals surface area contributed by atoms with E-state index >= 15 is 0 Å². The van der Waals surface area contributed by atoms with Crippen LogP contribution in [-0.2, 0) is 14.6 Å². The molecule has 3 rings (SSSR count). The molecule has 2 aliphatic heterocycles. The summed E-state index contributed by atoms with van der Waals surface area (Å²) in [5.41, 5.74) is 2.02. The fourth-order valence-electron chi connectivity index (χ4n) is 3.50. The highest BCUT2D eigenvalue weighted by molar-refractivity contribution is 8.16. The Bertz CT molecular complexity index is 830. The smallest absolute Gasteiger partial charge is 0.250 e. The van der Waals surface area contributed by atoms with Crippen molar-refractivity contribution in [1.29, 1.82) is 0 Å². The molecule has 0 bridgehead atoms. The topological polar surface area (TPSA) is 70.0 Å². The van der Waals surface area contributed by atoms with Crippen molar-refractivity contribution in [3.8, 4) is 0 Å². The maximum absolute atomic E-state index is 12.2. The molecule has 2 atom stereocenters. The largest absolute Gasteiger partial charge is 0.372 e. The van der Waals surface area contributed by atoms with Crippen LogP contribution >= 0.6 is 11.8 Å². The summed E-state index contributed by atoms with van der Waals surface area (Å²) < 4.78 is 24.3. The second-order valence-electron chi connectivity index (χ2n) is 7.25. The average Bonchev–Trinajstić information content (AvgIpc) is 3.07. The van der Waals surface area contributed by atoms with Gasteiger partial charge in [-0.1, -0.05) is 25.6 Å². The third kappa shape index (κ3) is 4.16. The molecule has 0 unspecified atom stereocenters. The standard InChI is InChI=1S/C19H27N3O3S2/c1-5-21(6-2)14-7-9-15(10-8-14)22-16-11-27(24,25)12-17(16)26-19(22)20-18(23)13(3)4/h7-10,13,16-17H,5-6,11-12H2,1-4H3/t16-,17-/m0/s1. The molecule has 6 nitrogen and oxygen atoms in total. The van der Waals surface area contributed by atoms with Crippen LogP contribution in [0.25, 0.3) is 0 Å². The molecule has 0 spiro atoms. The molecule has 1 amide bonds. The van der Waals surface area contributed by atoms with Gasteiger partial charge in [0.05, 0.1) is 17.5 Å². The normalized spacial score (nSPS) is 25.2. The van der Waals surface area contributed by atoms with Crippen LogP contribution < -0.4 is 9.80 Å². The first kappa shape index (κ1) is 20.2. The molecule has 0 N–H and O–H groups in total. The number of amidine groups is 1. The molecule has 27 heavy (non-hydrogen) atoms. The number of amides is 1. The van der Waals surface area contributed by atoms with Crippen molar-refractivity contribution in [2.45, 2.75) is 39.0 Å². The molecular weight excluding hydrogens is 382 g/mol. The maximum atomic E-state index is 12.2. The van der Waals surface area contributed by atoms with E-state index in [0.29, 0.717) is 5.17 Å². The molecule has 0 aromatic heterocycles. The minimum absolute atomic E-state index is 0.0730. The highest BCUT2D eigenvalue weighted by Gasteiger charge is 2.49. The van der Waals surface area contributed by atoms with Crippen molar-refractivity contribution in [2.75, 3.05) is 34.4 Å². The predicted molar refractivity (Wildman–Crippen MR) is 114 cm³/mol. The van der Waals surface area contributed by atoms with E-state index in [9.17, 15) is 13.2 Å². The summed E-state index contributed by atoms with van der Waals surface area (Å²) in [6.07, 6.45) is 0. The van der Waals surface area contributed by atoms with Crippen LogP contribution in [0.5, 0.6) is 0 Å². The van der Waals surface area contributed by atoms with Gasteiger partial charge in [0, 0.05) is 35.6 Å². The molecule has 0 saturated carbocycles. The average molecular weight is 410 g/mol. The summed E-state index contributed by atoms with van der Waals surface area (Å²) in [5, 5.41) is 0.547. The Hall–Kier alpha value is -1.54. The highest BCUT2D eigenvalue weighted by atomic mass is 32.2. The van der Waals surface area contributed by atoms with E-state index in [1.807, 2.05) is 43.0 Å². The first-order chi connectivity index (χ1) is 12.8. The molecule has 2 saturated heterocycles. The van der Waals surface area contributed by atoms with Gasteiger partial charge in [-0.25, -0.2) is 8.42 Å². The maximum Gasteiger partial charge on any atom is 0.250 e. The number of sulfone groups is 1. The van der Waals surface area contributed by atoms with Gasteiger partial charge in [-0.05, 0) is 38.1 Å². The zero-order valence-corrected chi connectivity index (χ0v) is 17.9. The fourth-order valence-corrected chi connectivity index (χ4v) is 7.42. The van der Waals surface area contributed by atoms with Gasteiger partial charge in [-0.3, -0.25) is 4.79 Å². The van der Waals surface area contributed by atoms with Gasteiger partial charge in [0.1, 0.15) is 0 Å². The van der Waals surface area contributed by atoms with Crippen molar-refractivity contribution in [1.82, 2.24) is 0 Å². The summed E-state index contributed by atoms with van der Waals surface area (Å²) in [5.74, 6) is -0.109. The van der Waals surface area contributed by atoms with Gasteiger partial charge >= 0.3 is 0 Å². The lowest BCUT2D eigenvalue weighted by atomic mass is 10.2. The summed E-state index contributed by atoms with van der Waals surface area (Å²) in [6.45, 7) is 9.72. The Morgan fingerprint density at radius 2 is 1.85 bits per heavy atom. The summed E-state index contributed by atoms with van der Waals surface area (Å²) in [7, 11) is -3.05. The highest BCUT2D eigenvalue weighted by Crippen LogP contribution is 2.41. The lowest BCUT2D eigenvalue weighted by Gasteiger charge is -2.26. The number of carbonyl (C=O) groups is 1. The Balaban J connectivity index is 1.96. The molecule has 0 radical (unpaired) electrons. The number of carbonyl (C=O) groups excluding carboxylic acids is 1. The SMILES string of the molecule is CCN(CC)c1ccc(N2C(=NC(=O)C(C)C)S[C@H]3CS(=O)(=O)C[C@@H]32)cc1. The number of anilines is 2. The van der Waals surface area contributed by atoms with E-state index in [2.05, 4.69) is 23.7 Å². The van der Waals surface area contributed by atoms with Crippen LogP contribution in [0.3, 0.4) is 0 Å². The van der Waals surface area contributed by atoms with Gasteiger partial charge in [-0.15, -0.1) is 0 Å². The third-order valence-electron chi connectivity index (χ3n) is 5.02. The Morgan fingerprint density at radius 1 is 1.22 bits per heavy atom. The van der Waals surface area contributed by atoms with Gasteiger partial charge < -0.3 is 9.80 Å². The molecular formula is C19H27N3O3S2. The van der Waals surface area contributed by atoms with Gasteiger partial charge in [0.2, 0.25) is 0 Å². The molecule has 148 valence electrons. The number of nitrogens with zero attached hydrogens (tertiary/aromatic N) is 3. The monoisotopic (exact) mass is 409 g/mol. The number of hydrogen-bond donors (Lipinski definition) is 0. The van der Waals surface area contributed by atoms with Gasteiger partial charge in [-0.2, -0.15) is 4.99 Å². The lowest BCUT2D eigenvalue weighted by molar-refractivity contribution is -0.120. The summed E-state index contributed by atoms with van der Waals surface area (Å²) in [4.78, 5) is 20.7. The van der Waals surface area contributed by atoms with E-state index in [-0.39, 0.29) is 34.6 Å². The Labute approximate surface area is 165 Å². The summed E-state index contributed by atoms with van der Waals surface area (Å²) >= 11 is 1.42. The zero-order chi connectivity index (χ0) is 19.8. The number of hydrogen-bond acceptors (Lipinski definition) is 5. The third-order valence-corrected chi connectivity index (χ3v) is 8.23. The second-order valence-corrected chi connectivity index (χ2v) is 10.6. The van der Waals surface area contributed by atoms with Crippen molar-refractivity contribution < 1.29 is 13.2 Å². The summed E-state index contributed by atoms with van der Waals surface area (Å²) in [6, 6.07) is 7.92. The predicted octanol–water partition coefficient (Wildman–Crippen LogP) is 2.79. The molecule has 2 aliphatic rings. The quantitative estimate of drug-likeness (QED) is 0.745. The van der Waals surface area contributed by atoms with E-state index in [1.165, 1.54) is 11.8 Å². The van der Waals surface area contributed by atoms with Crippen LogP contribution in [0, 0.1) is 5.92 Å². The van der Waals surface area contributed by atoms with E-state index in [4.69, 9.17) is 0 Å². The lowest BCUT2D eigenvalue weighted by Crippen LogP contribution is -2.37. The molecule has 8 heteroatoms. The molecule has 1 aromatic rings. The van der Waals surface area contributed by atoms with Gasteiger partial charge in [0.25, 0.3) is 5.91 Å². The number of thioether (sulfide) groups is 1. The van der Waals surface area contributed by atoms with Gasteiger partial charge in [0.15, 0.2) is 15.0 Å². The fraction of sp³-hybridized carbons (Fsp3) is 0.579. The van der Waals surface area contributed by atoms with Crippen molar-refractivity contribution in [3.63, 3.8) is 0 Å². The number of rotatable bonds is 5. The first-order valence-electron chi connectivity index (χ1n) is 9.39. The van der Waals surface area contributed by atoms with Crippen LogP contribution in [-0.4, -0.2) is 55.4 Å². The van der Waals surface area contributed by atoms with Crippen LogP contribution in [0.2, 0.25) is 0 Å². The van der Waals surface area contributed by atoms with E-state index in [0.717, 1.165) is 24.5 Å². The minimum atomic E-state index is -3.05. The van der Waals surface area contributed by atoms with Crippen LogP contribution in [0.15, 0.2) is 29.3 Å². The molecule has 0 aliphatic carbocycles.